The number of thiophene rings is 1. The van der Waals surface area contributed by atoms with Crippen LogP contribution in [0.2, 0.25) is 0 Å². The van der Waals surface area contributed by atoms with Gasteiger partial charge in [-0.05, 0) is 32.2 Å². The highest BCUT2D eigenvalue weighted by atomic mass is 32.1. The molecule has 0 aromatic carbocycles. The highest BCUT2D eigenvalue weighted by molar-refractivity contribution is 7.12. The van der Waals surface area contributed by atoms with Crippen LogP contribution in [0, 0.1) is 0 Å². The van der Waals surface area contributed by atoms with Crippen LogP contribution in [0.15, 0.2) is 17.5 Å². The predicted octanol–water partition coefficient (Wildman–Crippen LogP) is 1.82. The zero-order valence-electron chi connectivity index (χ0n) is 9.57. The Morgan fingerprint density at radius 2 is 2.12 bits per heavy atom. The van der Waals surface area contributed by atoms with E-state index in [0.717, 1.165) is 0 Å². The summed E-state index contributed by atoms with van der Waals surface area (Å²) in [6, 6.07) is 3.49. The van der Waals surface area contributed by atoms with E-state index in [-0.39, 0.29) is 12.5 Å². The minimum absolute atomic E-state index is 0.103. The highest BCUT2D eigenvalue weighted by Crippen LogP contribution is 2.08. The van der Waals surface area contributed by atoms with Crippen LogP contribution in [0.3, 0.4) is 0 Å². The molecule has 0 unspecified atom stereocenters. The number of carbonyl (C=O) groups is 2. The molecule has 1 heterocycles. The van der Waals surface area contributed by atoms with Gasteiger partial charge in [-0.15, -0.1) is 11.3 Å². The lowest BCUT2D eigenvalue weighted by molar-refractivity contribution is -0.153. The summed E-state index contributed by atoms with van der Waals surface area (Å²) >= 11 is 1.33. The zero-order chi connectivity index (χ0) is 12.2. The third-order valence-electron chi connectivity index (χ3n) is 1.56. The molecule has 0 spiro atoms. The molecule has 0 aliphatic rings. The van der Waals surface area contributed by atoms with E-state index < -0.39 is 11.6 Å². The normalized spacial score (nSPS) is 10.9. The summed E-state index contributed by atoms with van der Waals surface area (Å²) in [5.41, 5.74) is -0.523. The number of amides is 1. The summed E-state index contributed by atoms with van der Waals surface area (Å²) < 4.78 is 5.06. The molecule has 1 rings (SSSR count). The summed E-state index contributed by atoms with van der Waals surface area (Å²) in [5.74, 6) is -0.682. The number of esters is 1. The molecule has 1 aromatic rings. The van der Waals surface area contributed by atoms with Crippen LogP contribution in [-0.4, -0.2) is 24.0 Å². The lowest BCUT2D eigenvalue weighted by Gasteiger charge is -2.19. The van der Waals surface area contributed by atoms with Crippen molar-refractivity contribution >= 4 is 23.2 Å². The third kappa shape index (κ3) is 4.44. The zero-order valence-corrected chi connectivity index (χ0v) is 10.4. The van der Waals surface area contributed by atoms with Crippen LogP contribution in [0.5, 0.6) is 0 Å². The van der Waals surface area contributed by atoms with Gasteiger partial charge in [0.25, 0.3) is 5.91 Å². The summed E-state index contributed by atoms with van der Waals surface area (Å²) in [5, 5.41) is 4.31. The van der Waals surface area contributed by atoms with E-state index in [1.54, 1.807) is 32.9 Å². The van der Waals surface area contributed by atoms with Crippen molar-refractivity contribution in [1.82, 2.24) is 5.32 Å². The van der Waals surface area contributed by atoms with Gasteiger partial charge >= 0.3 is 5.97 Å². The summed E-state index contributed by atoms with van der Waals surface area (Å²) in [6.45, 7) is 5.25. The first-order valence-corrected chi connectivity index (χ1v) is 5.80. The topological polar surface area (TPSA) is 55.4 Å². The predicted molar refractivity (Wildman–Crippen MR) is 62.5 cm³/mol. The first-order valence-electron chi connectivity index (χ1n) is 4.92. The number of hydrogen-bond donors (Lipinski definition) is 1. The van der Waals surface area contributed by atoms with E-state index in [1.807, 2.05) is 5.38 Å². The van der Waals surface area contributed by atoms with Crippen molar-refractivity contribution in [3.8, 4) is 0 Å². The van der Waals surface area contributed by atoms with E-state index >= 15 is 0 Å². The number of ether oxygens (including phenoxy) is 1. The van der Waals surface area contributed by atoms with E-state index in [1.165, 1.54) is 11.3 Å². The molecule has 0 saturated heterocycles. The van der Waals surface area contributed by atoms with Crippen molar-refractivity contribution in [1.29, 1.82) is 0 Å². The molecule has 0 aliphatic carbocycles. The first-order chi connectivity index (χ1) is 7.38. The lowest BCUT2D eigenvalue weighted by Crippen LogP contribution is -2.34. The number of nitrogens with one attached hydrogen (secondary N) is 1. The van der Waals surface area contributed by atoms with E-state index in [9.17, 15) is 9.59 Å². The lowest BCUT2D eigenvalue weighted by atomic mass is 10.2. The SMILES string of the molecule is CC(C)(C)OC(=O)CNC(=O)c1cccs1. The molecule has 0 saturated carbocycles. The maximum absolute atomic E-state index is 11.5. The fraction of sp³-hybridized carbons (Fsp3) is 0.455. The van der Waals surface area contributed by atoms with Crippen LogP contribution < -0.4 is 5.32 Å². The third-order valence-corrected chi connectivity index (χ3v) is 2.43. The monoisotopic (exact) mass is 241 g/mol. The quantitative estimate of drug-likeness (QED) is 0.821. The molecule has 0 fully saturated rings. The van der Waals surface area contributed by atoms with Gasteiger partial charge in [0.15, 0.2) is 0 Å². The molecule has 4 nitrogen and oxygen atoms in total. The Bertz CT molecular complexity index is 365. The standard InChI is InChI=1S/C11H15NO3S/c1-11(2,3)15-9(13)7-12-10(14)8-5-4-6-16-8/h4-6H,7H2,1-3H3,(H,12,14). The fourth-order valence-corrected chi connectivity index (χ4v) is 1.66. The van der Waals surface area contributed by atoms with Gasteiger partial charge in [-0.3, -0.25) is 9.59 Å². The molecule has 0 atom stereocenters. The highest BCUT2D eigenvalue weighted by Gasteiger charge is 2.17. The minimum Gasteiger partial charge on any atom is -0.459 e. The first kappa shape index (κ1) is 12.7. The second-order valence-electron chi connectivity index (χ2n) is 4.25. The number of carbonyl (C=O) groups excluding carboxylic acids is 2. The van der Waals surface area contributed by atoms with Gasteiger partial charge in [0.2, 0.25) is 0 Å². The Balaban J connectivity index is 2.35. The molecular formula is C11H15NO3S. The molecular weight excluding hydrogens is 226 g/mol. The smallest absolute Gasteiger partial charge is 0.325 e. The maximum Gasteiger partial charge on any atom is 0.325 e. The van der Waals surface area contributed by atoms with E-state index in [0.29, 0.717) is 4.88 Å². The van der Waals surface area contributed by atoms with Crippen molar-refractivity contribution in [2.75, 3.05) is 6.54 Å². The Labute approximate surface area is 98.6 Å². The second kappa shape index (κ2) is 5.12. The van der Waals surface area contributed by atoms with Gasteiger partial charge in [-0.1, -0.05) is 6.07 Å². The van der Waals surface area contributed by atoms with Crippen molar-refractivity contribution in [2.24, 2.45) is 0 Å². The molecule has 0 aliphatic heterocycles. The van der Waals surface area contributed by atoms with Gasteiger partial charge in [-0.2, -0.15) is 0 Å². The van der Waals surface area contributed by atoms with Crippen LogP contribution in [-0.2, 0) is 9.53 Å². The van der Waals surface area contributed by atoms with Crippen LogP contribution in [0.4, 0.5) is 0 Å². The molecule has 1 N–H and O–H groups in total. The van der Waals surface area contributed by atoms with E-state index in [4.69, 9.17) is 4.74 Å². The van der Waals surface area contributed by atoms with Crippen molar-refractivity contribution < 1.29 is 14.3 Å². The second-order valence-corrected chi connectivity index (χ2v) is 5.19. The largest absolute Gasteiger partial charge is 0.459 e. The molecule has 0 bridgehead atoms. The van der Waals surface area contributed by atoms with Crippen molar-refractivity contribution in [3.63, 3.8) is 0 Å². The van der Waals surface area contributed by atoms with Gasteiger partial charge < -0.3 is 10.1 Å². The molecule has 5 heteroatoms. The summed E-state index contributed by atoms with van der Waals surface area (Å²) in [4.78, 5) is 23.4. The van der Waals surface area contributed by atoms with Gasteiger partial charge in [0.1, 0.15) is 12.1 Å². The Hall–Kier alpha value is -1.36. The Morgan fingerprint density at radius 3 is 2.62 bits per heavy atom. The number of hydrogen-bond acceptors (Lipinski definition) is 4. The van der Waals surface area contributed by atoms with Crippen LogP contribution in [0.25, 0.3) is 0 Å². The fourth-order valence-electron chi connectivity index (χ4n) is 1.02. The Morgan fingerprint density at radius 1 is 1.44 bits per heavy atom. The number of rotatable bonds is 3. The Kier molecular flexibility index (Phi) is 4.06. The summed E-state index contributed by atoms with van der Waals surface area (Å²) in [7, 11) is 0. The molecule has 88 valence electrons. The maximum atomic E-state index is 11.5. The summed E-state index contributed by atoms with van der Waals surface area (Å²) in [6.07, 6.45) is 0. The van der Waals surface area contributed by atoms with Crippen LogP contribution in [0.1, 0.15) is 30.4 Å². The molecule has 16 heavy (non-hydrogen) atoms. The van der Waals surface area contributed by atoms with Crippen molar-refractivity contribution in [3.05, 3.63) is 22.4 Å². The van der Waals surface area contributed by atoms with Crippen molar-refractivity contribution in [2.45, 2.75) is 26.4 Å². The van der Waals surface area contributed by atoms with Gasteiger partial charge in [0, 0.05) is 0 Å². The molecule has 1 aromatic heterocycles. The molecule has 0 radical (unpaired) electrons. The van der Waals surface area contributed by atoms with E-state index in [2.05, 4.69) is 5.32 Å². The van der Waals surface area contributed by atoms with Gasteiger partial charge in [0.05, 0.1) is 4.88 Å². The minimum atomic E-state index is -0.523. The average Bonchev–Trinajstić information content (AvgIpc) is 2.64. The van der Waals surface area contributed by atoms with Gasteiger partial charge in [-0.25, -0.2) is 0 Å². The average molecular weight is 241 g/mol. The van der Waals surface area contributed by atoms with Crippen LogP contribution >= 0.6 is 11.3 Å². The molecule has 1 amide bonds.